The number of methoxy groups -OCH3 is 1. The van der Waals surface area contributed by atoms with E-state index in [9.17, 15) is 0 Å². The zero-order chi connectivity index (χ0) is 9.03. The van der Waals surface area contributed by atoms with Gasteiger partial charge in [-0.05, 0) is 12.8 Å². The average molecular weight is 166 g/mol. The molecular weight excluding hydrogens is 152 g/mol. The Bertz CT molecular complexity index is 209. The minimum atomic E-state index is -0.392. The fourth-order valence-electron chi connectivity index (χ4n) is 1.73. The first-order valence-electron chi connectivity index (χ1n) is 4.12. The predicted octanol–water partition coefficient (Wildman–Crippen LogP) is 1.48. The number of hydrogen-bond acceptors (Lipinski definition) is 3. The number of likely N-dealkylation sites (tertiary alicyclic amines) is 1. The quantitative estimate of drug-likeness (QED) is 0.470. The second-order valence-corrected chi connectivity index (χ2v) is 3.00. The van der Waals surface area contributed by atoms with Crippen molar-refractivity contribution in [3.8, 4) is 6.19 Å². The lowest BCUT2D eigenvalue weighted by Crippen LogP contribution is -2.42. The highest BCUT2D eigenvalue weighted by atomic mass is 16.5. The van der Waals surface area contributed by atoms with E-state index in [1.807, 2.05) is 0 Å². The normalized spacial score (nSPS) is 28.5. The maximum atomic E-state index is 8.82. The van der Waals surface area contributed by atoms with Gasteiger partial charge in [0.15, 0.2) is 11.9 Å². The van der Waals surface area contributed by atoms with Gasteiger partial charge in [-0.3, -0.25) is 4.90 Å². The van der Waals surface area contributed by atoms with Gasteiger partial charge in [-0.25, -0.2) is 0 Å². The molecule has 1 atom stereocenters. The van der Waals surface area contributed by atoms with Crippen molar-refractivity contribution in [1.82, 2.24) is 4.90 Å². The summed E-state index contributed by atoms with van der Waals surface area (Å²) < 4.78 is 5.37. The van der Waals surface area contributed by atoms with Gasteiger partial charge in [0.25, 0.3) is 0 Å². The lowest BCUT2D eigenvalue weighted by molar-refractivity contribution is -0.0840. The molecular formula is C9H14N2O. The van der Waals surface area contributed by atoms with Crippen LogP contribution in [0, 0.1) is 11.5 Å². The summed E-state index contributed by atoms with van der Waals surface area (Å²) in [5.74, 6) is 0. The molecule has 1 rings (SSSR count). The van der Waals surface area contributed by atoms with Crippen molar-refractivity contribution in [2.45, 2.75) is 25.0 Å². The molecule has 0 aromatic heterocycles. The minimum absolute atomic E-state index is 0.392. The summed E-state index contributed by atoms with van der Waals surface area (Å²) in [6.45, 7) is 4.47. The summed E-state index contributed by atoms with van der Waals surface area (Å²) in [4.78, 5) is 1.70. The first-order valence-corrected chi connectivity index (χ1v) is 4.12. The van der Waals surface area contributed by atoms with E-state index in [0.717, 1.165) is 25.8 Å². The molecule has 12 heavy (non-hydrogen) atoms. The summed E-state index contributed by atoms with van der Waals surface area (Å²) in [7, 11) is 1.65. The van der Waals surface area contributed by atoms with Crippen molar-refractivity contribution in [3.63, 3.8) is 0 Å². The third kappa shape index (κ3) is 1.30. The molecule has 3 heteroatoms. The molecule has 0 aliphatic carbocycles. The standard InChI is InChI=1S/C9H14N2O/c1-3-5-9(12-2)6-4-7-11(9)8-10/h3H,1,4-7H2,2H3. The Hall–Kier alpha value is -1.01. The average Bonchev–Trinajstić information content (AvgIpc) is 2.49. The van der Waals surface area contributed by atoms with Gasteiger partial charge in [-0.1, -0.05) is 6.08 Å². The monoisotopic (exact) mass is 166 g/mol. The summed E-state index contributed by atoms with van der Waals surface area (Å²) in [5.41, 5.74) is -0.392. The largest absolute Gasteiger partial charge is 0.358 e. The highest BCUT2D eigenvalue weighted by Crippen LogP contribution is 2.32. The van der Waals surface area contributed by atoms with Gasteiger partial charge < -0.3 is 4.74 Å². The van der Waals surface area contributed by atoms with Crippen LogP contribution in [0.1, 0.15) is 19.3 Å². The molecule has 0 N–H and O–H groups in total. The highest BCUT2D eigenvalue weighted by Gasteiger charge is 2.39. The van der Waals surface area contributed by atoms with Crippen LogP contribution in [0.25, 0.3) is 0 Å². The molecule has 1 saturated heterocycles. The zero-order valence-corrected chi connectivity index (χ0v) is 7.42. The van der Waals surface area contributed by atoms with Gasteiger partial charge in [-0.15, -0.1) is 6.58 Å². The van der Waals surface area contributed by atoms with Gasteiger partial charge in [0, 0.05) is 20.1 Å². The maximum absolute atomic E-state index is 8.82. The molecule has 0 amide bonds. The first-order chi connectivity index (χ1) is 5.79. The van der Waals surface area contributed by atoms with Crippen molar-refractivity contribution in [1.29, 1.82) is 5.26 Å². The van der Waals surface area contributed by atoms with Crippen molar-refractivity contribution in [2.24, 2.45) is 0 Å². The lowest BCUT2D eigenvalue weighted by Gasteiger charge is -2.32. The SMILES string of the molecule is C=CCC1(OC)CCCN1C#N. The summed E-state index contributed by atoms with van der Waals surface area (Å²) in [6, 6.07) is 0. The van der Waals surface area contributed by atoms with E-state index in [1.165, 1.54) is 0 Å². The van der Waals surface area contributed by atoms with Crippen LogP contribution in [-0.4, -0.2) is 24.3 Å². The van der Waals surface area contributed by atoms with Crippen LogP contribution < -0.4 is 0 Å². The lowest BCUT2D eigenvalue weighted by atomic mass is 10.1. The number of rotatable bonds is 3. The van der Waals surface area contributed by atoms with Crippen LogP contribution in [-0.2, 0) is 4.74 Å². The number of nitriles is 1. The Kier molecular flexibility index (Phi) is 2.72. The van der Waals surface area contributed by atoms with E-state index < -0.39 is 5.72 Å². The molecule has 0 spiro atoms. The van der Waals surface area contributed by atoms with Gasteiger partial charge in [0.1, 0.15) is 0 Å². The Morgan fingerprint density at radius 3 is 3.08 bits per heavy atom. The van der Waals surface area contributed by atoms with Crippen molar-refractivity contribution in [3.05, 3.63) is 12.7 Å². The summed E-state index contributed by atoms with van der Waals surface area (Å²) in [6.07, 6.45) is 6.62. The Morgan fingerprint density at radius 1 is 1.83 bits per heavy atom. The molecule has 0 aromatic rings. The Balaban J connectivity index is 2.76. The number of nitrogens with zero attached hydrogens (tertiary/aromatic N) is 2. The highest BCUT2D eigenvalue weighted by molar-refractivity contribution is 4.98. The Labute approximate surface area is 73.2 Å². The van der Waals surface area contributed by atoms with Crippen LogP contribution in [0.15, 0.2) is 12.7 Å². The van der Waals surface area contributed by atoms with E-state index >= 15 is 0 Å². The van der Waals surface area contributed by atoms with Crippen LogP contribution in [0.5, 0.6) is 0 Å². The fourth-order valence-corrected chi connectivity index (χ4v) is 1.73. The number of ether oxygens (including phenoxy) is 1. The van der Waals surface area contributed by atoms with E-state index in [2.05, 4.69) is 12.8 Å². The molecule has 1 aliphatic heterocycles. The fraction of sp³-hybridized carbons (Fsp3) is 0.667. The van der Waals surface area contributed by atoms with Crippen LogP contribution >= 0.6 is 0 Å². The molecule has 1 fully saturated rings. The summed E-state index contributed by atoms with van der Waals surface area (Å²) in [5, 5.41) is 8.82. The third-order valence-electron chi connectivity index (χ3n) is 2.41. The third-order valence-corrected chi connectivity index (χ3v) is 2.41. The minimum Gasteiger partial charge on any atom is -0.358 e. The van der Waals surface area contributed by atoms with Crippen LogP contribution in [0.4, 0.5) is 0 Å². The molecule has 0 aromatic carbocycles. The Morgan fingerprint density at radius 2 is 2.58 bits per heavy atom. The van der Waals surface area contributed by atoms with Gasteiger partial charge in [0.05, 0.1) is 0 Å². The maximum Gasteiger partial charge on any atom is 0.181 e. The molecule has 1 aliphatic rings. The van der Waals surface area contributed by atoms with Crippen molar-refractivity contribution >= 4 is 0 Å². The molecule has 0 radical (unpaired) electrons. The topological polar surface area (TPSA) is 36.3 Å². The molecule has 1 unspecified atom stereocenters. The molecule has 66 valence electrons. The van der Waals surface area contributed by atoms with Crippen LogP contribution in [0.2, 0.25) is 0 Å². The molecule has 0 saturated carbocycles. The first kappa shape index (κ1) is 9.08. The predicted molar refractivity (Wildman–Crippen MR) is 46.1 cm³/mol. The van der Waals surface area contributed by atoms with Gasteiger partial charge in [0.2, 0.25) is 0 Å². The van der Waals surface area contributed by atoms with E-state index in [4.69, 9.17) is 10.00 Å². The second kappa shape index (κ2) is 3.59. The summed E-state index contributed by atoms with van der Waals surface area (Å²) >= 11 is 0. The molecule has 3 nitrogen and oxygen atoms in total. The zero-order valence-electron chi connectivity index (χ0n) is 7.42. The number of hydrogen-bond donors (Lipinski definition) is 0. The second-order valence-electron chi connectivity index (χ2n) is 3.00. The van der Waals surface area contributed by atoms with E-state index in [-0.39, 0.29) is 0 Å². The van der Waals surface area contributed by atoms with E-state index in [1.54, 1.807) is 18.1 Å². The van der Waals surface area contributed by atoms with Gasteiger partial charge in [-0.2, -0.15) is 5.26 Å². The van der Waals surface area contributed by atoms with Crippen molar-refractivity contribution < 1.29 is 4.74 Å². The molecule has 0 bridgehead atoms. The van der Waals surface area contributed by atoms with Gasteiger partial charge >= 0.3 is 0 Å². The smallest absolute Gasteiger partial charge is 0.181 e. The van der Waals surface area contributed by atoms with E-state index in [0.29, 0.717) is 0 Å². The van der Waals surface area contributed by atoms with Crippen molar-refractivity contribution in [2.75, 3.05) is 13.7 Å². The molecule has 1 heterocycles. The van der Waals surface area contributed by atoms with Crippen LogP contribution in [0.3, 0.4) is 0 Å².